The summed E-state index contributed by atoms with van der Waals surface area (Å²) in [6.45, 7) is 1.51. The van der Waals surface area contributed by atoms with Crippen LogP contribution in [0, 0.1) is 10.1 Å². The Morgan fingerprint density at radius 3 is 2.93 bits per heavy atom. The quantitative estimate of drug-likeness (QED) is 0.512. The van der Waals surface area contributed by atoms with E-state index in [9.17, 15) is 10.1 Å². The molecule has 0 bridgehead atoms. The fourth-order valence-electron chi connectivity index (χ4n) is 1.22. The highest BCUT2D eigenvalue weighted by Gasteiger charge is 2.19. The van der Waals surface area contributed by atoms with Crippen LogP contribution in [0.3, 0.4) is 0 Å². The monoisotopic (exact) mass is 199 g/mol. The summed E-state index contributed by atoms with van der Waals surface area (Å²) in [6.07, 6.45) is 1.19. The van der Waals surface area contributed by atoms with Gasteiger partial charge in [-0.05, 0) is 4.92 Å². The van der Waals surface area contributed by atoms with Crippen LogP contribution in [0.2, 0.25) is 0 Å². The number of hydrogen-bond donors (Lipinski definition) is 0. The minimum Gasteiger partial charge on any atom is -0.358 e. The average Bonchev–Trinajstić information content (AvgIpc) is 2.75. The van der Waals surface area contributed by atoms with E-state index < -0.39 is 4.92 Å². The summed E-state index contributed by atoms with van der Waals surface area (Å²) in [4.78, 5) is 9.78. The van der Waals surface area contributed by atoms with Crippen molar-refractivity contribution in [2.45, 2.75) is 12.8 Å². The van der Waals surface area contributed by atoms with Crippen LogP contribution in [0.5, 0.6) is 0 Å². The molecule has 1 saturated heterocycles. The minimum atomic E-state index is -0.535. The summed E-state index contributed by atoms with van der Waals surface area (Å²) in [5, 5.41) is 14.0. The Balaban J connectivity index is 1.98. The molecule has 7 heteroatoms. The first-order chi connectivity index (χ1) is 6.75. The van der Waals surface area contributed by atoms with Crippen LogP contribution in [0.25, 0.3) is 0 Å². The van der Waals surface area contributed by atoms with Gasteiger partial charge in [0.2, 0.25) is 0 Å². The summed E-state index contributed by atoms with van der Waals surface area (Å²) in [5.41, 5.74) is 0. The van der Waals surface area contributed by atoms with E-state index >= 15 is 0 Å². The smallest absolute Gasteiger partial charge is 0.358 e. The van der Waals surface area contributed by atoms with Crippen LogP contribution < -0.4 is 0 Å². The van der Waals surface area contributed by atoms with Crippen molar-refractivity contribution in [2.24, 2.45) is 0 Å². The Hall–Kier alpha value is -1.47. The predicted octanol–water partition coefficient (Wildman–Crippen LogP) is 0.164. The number of ether oxygens (including phenoxy) is 2. The van der Waals surface area contributed by atoms with Crippen LogP contribution >= 0.6 is 0 Å². The van der Waals surface area contributed by atoms with Gasteiger partial charge < -0.3 is 19.6 Å². The molecule has 7 nitrogen and oxygen atoms in total. The number of aromatic nitrogens is 2. The van der Waals surface area contributed by atoms with Gasteiger partial charge in [0.15, 0.2) is 6.29 Å². The second kappa shape index (κ2) is 3.72. The van der Waals surface area contributed by atoms with Crippen molar-refractivity contribution in [1.29, 1.82) is 0 Å². The predicted molar refractivity (Wildman–Crippen MR) is 44.6 cm³/mol. The molecule has 0 spiro atoms. The van der Waals surface area contributed by atoms with Gasteiger partial charge in [0.25, 0.3) is 0 Å². The van der Waals surface area contributed by atoms with Gasteiger partial charge in [-0.15, -0.1) is 0 Å². The molecule has 1 aliphatic heterocycles. The van der Waals surface area contributed by atoms with Crippen molar-refractivity contribution in [1.82, 2.24) is 9.78 Å². The number of nitrogens with zero attached hydrogens (tertiary/aromatic N) is 3. The van der Waals surface area contributed by atoms with Gasteiger partial charge in [0.05, 0.1) is 30.6 Å². The van der Waals surface area contributed by atoms with Crippen LogP contribution in [-0.4, -0.2) is 34.2 Å². The lowest BCUT2D eigenvalue weighted by atomic mass is 10.6. The third kappa shape index (κ3) is 1.88. The molecule has 14 heavy (non-hydrogen) atoms. The molecule has 1 aromatic rings. The summed E-state index contributed by atoms with van der Waals surface area (Å²) < 4.78 is 11.8. The maximum absolute atomic E-state index is 10.3. The molecule has 76 valence electrons. The number of rotatable bonds is 3. The highest BCUT2D eigenvalue weighted by Crippen LogP contribution is 2.09. The normalized spacial score (nSPS) is 17.4. The topological polar surface area (TPSA) is 79.4 Å². The van der Waals surface area contributed by atoms with Crippen molar-refractivity contribution in [3.8, 4) is 0 Å². The van der Waals surface area contributed by atoms with Crippen molar-refractivity contribution >= 4 is 5.82 Å². The molecule has 0 aliphatic carbocycles. The molecule has 0 unspecified atom stereocenters. The van der Waals surface area contributed by atoms with E-state index in [0.717, 1.165) is 0 Å². The van der Waals surface area contributed by atoms with Crippen LogP contribution in [0.4, 0.5) is 5.82 Å². The largest absolute Gasteiger partial charge is 0.389 e. The van der Waals surface area contributed by atoms with Gasteiger partial charge in [-0.25, -0.2) is 0 Å². The van der Waals surface area contributed by atoms with Gasteiger partial charge in [-0.1, -0.05) is 0 Å². The molecular weight excluding hydrogens is 190 g/mol. The van der Waals surface area contributed by atoms with Crippen LogP contribution in [0.15, 0.2) is 12.3 Å². The van der Waals surface area contributed by atoms with Crippen molar-refractivity contribution in [2.75, 3.05) is 13.2 Å². The molecule has 0 saturated carbocycles. The molecule has 0 aromatic carbocycles. The highest BCUT2D eigenvalue weighted by atomic mass is 16.7. The molecule has 1 aliphatic rings. The van der Waals surface area contributed by atoms with E-state index in [1.807, 2.05) is 0 Å². The molecule has 0 amide bonds. The summed E-state index contributed by atoms with van der Waals surface area (Å²) in [7, 11) is 0. The second-order valence-corrected chi connectivity index (χ2v) is 2.82. The summed E-state index contributed by atoms with van der Waals surface area (Å²) >= 11 is 0. The molecule has 1 aromatic heterocycles. The molecule has 0 radical (unpaired) electrons. The first-order valence-electron chi connectivity index (χ1n) is 4.17. The Morgan fingerprint density at radius 2 is 2.36 bits per heavy atom. The van der Waals surface area contributed by atoms with Gasteiger partial charge >= 0.3 is 5.82 Å². The molecule has 2 rings (SSSR count). The van der Waals surface area contributed by atoms with Crippen molar-refractivity contribution in [3.63, 3.8) is 0 Å². The third-order valence-electron chi connectivity index (χ3n) is 1.84. The third-order valence-corrected chi connectivity index (χ3v) is 1.84. The average molecular weight is 199 g/mol. The summed E-state index contributed by atoms with van der Waals surface area (Å²) in [5.74, 6) is -0.164. The Morgan fingerprint density at radius 1 is 1.64 bits per heavy atom. The number of hydrogen-bond acceptors (Lipinski definition) is 5. The first-order valence-corrected chi connectivity index (χ1v) is 4.17. The molecule has 0 atom stereocenters. The van der Waals surface area contributed by atoms with Gasteiger partial charge in [-0.2, -0.15) is 4.68 Å². The van der Waals surface area contributed by atoms with Crippen LogP contribution in [-0.2, 0) is 16.0 Å². The zero-order valence-corrected chi connectivity index (χ0v) is 7.33. The Labute approximate surface area is 79.4 Å². The molecule has 0 N–H and O–H groups in total. The van der Waals surface area contributed by atoms with E-state index in [1.54, 1.807) is 0 Å². The van der Waals surface area contributed by atoms with Gasteiger partial charge in [0.1, 0.15) is 6.54 Å². The van der Waals surface area contributed by atoms with Gasteiger partial charge in [0, 0.05) is 0 Å². The van der Waals surface area contributed by atoms with E-state index in [1.165, 1.54) is 16.9 Å². The van der Waals surface area contributed by atoms with Gasteiger partial charge in [-0.3, -0.25) is 0 Å². The maximum Gasteiger partial charge on any atom is 0.389 e. The molecule has 2 heterocycles. The Bertz CT molecular complexity index is 331. The fraction of sp³-hybridized carbons (Fsp3) is 0.571. The SMILES string of the molecule is O=[N+]([O-])c1ccn(CC2OCCO2)n1. The Kier molecular flexibility index (Phi) is 2.42. The van der Waals surface area contributed by atoms with E-state index in [2.05, 4.69) is 5.10 Å². The lowest BCUT2D eigenvalue weighted by molar-refractivity contribution is -0.389. The van der Waals surface area contributed by atoms with E-state index in [0.29, 0.717) is 19.8 Å². The van der Waals surface area contributed by atoms with Crippen molar-refractivity contribution in [3.05, 3.63) is 22.4 Å². The fourth-order valence-corrected chi connectivity index (χ4v) is 1.22. The standard InChI is InChI=1S/C7H9N3O4/c11-10(12)6-1-2-9(8-6)5-7-13-3-4-14-7/h1-2,7H,3-5H2. The highest BCUT2D eigenvalue weighted by molar-refractivity contribution is 5.13. The molecule has 1 fully saturated rings. The van der Waals surface area contributed by atoms with E-state index in [-0.39, 0.29) is 12.1 Å². The van der Waals surface area contributed by atoms with E-state index in [4.69, 9.17) is 9.47 Å². The first kappa shape index (κ1) is 9.10. The lowest BCUT2D eigenvalue weighted by Crippen LogP contribution is -2.17. The second-order valence-electron chi connectivity index (χ2n) is 2.82. The molecular formula is C7H9N3O4. The minimum absolute atomic E-state index is 0.164. The number of nitro groups is 1. The van der Waals surface area contributed by atoms with Crippen molar-refractivity contribution < 1.29 is 14.4 Å². The zero-order chi connectivity index (χ0) is 9.97. The maximum atomic E-state index is 10.3. The zero-order valence-electron chi connectivity index (χ0n) is 7.33. The summed E-state index contributed by atoms with van der Waals surface area (Å²) in [6, 6.07) is 1.34. The lowest BCUT2D eigenvalue weighted by Gasteiger charge is -2.05. The van der Waals surface area contributed by atoms with Crippen LogP contribution in [0.1, 0.15) is 0 Å².